The summed E-state index contributed by atoms with van der Waals surface area (Å²) in [4.78, 5) is 20.4. The number of benzene rings is 1. The van der Waals surface area contributed by atoms with Gasteiger partial charge >= 0.3 is 0 Å². The number of halogens is 2. The minimum absolute atomic E-state index is 0.150. The van der Waals surface area contributed by atoms with Gasteiger partial charge in [0.25, 0.3) is 5.91 Å². The van der Waals surface area contributed by atoms with Gasteiger partial charge in [-0.1, -0.05) is 0 Å². The van der Waals surface area contributed by atoms with Gasteiger partial charge in [0.05, 0.1) is 17.4 Å². The van der Waals surface area contributed by atoms with E-state index in [4.69, 9.17) is 10.5 Å². The average Bonchev–Trinajstić information content (AvgIpc) is 3.33. The molecular weight excluding hydrogens is 458 g/mol. The number of rotatable bonds is 3. The number of nitrogen functional groups attached to an aromatic ring is 1. The molecule has 3 atom stereocenters. The SMILES string of the molecule is Cc1ccc2c(N)c(C(=O)N[C@H]3COc4cc(N5CC6CCC(C6)C5)c(F)c(F)c4C3)sc2n1. The maximum absolute atomic E-state index is 15.2. The van der Waals surface area contributed by atoms with Crippen molar-refractivity contribution in [1.82, 2.24) is 10.3 Å². The van der Waals surface area contributed by atoms with Gasteiger partial charge in [0.15, 0.2) is 11.6 Å². The van der Waals surface area contributed by atoms with Crippen molar-refractivity contribution in [3.8, 4) is 5.75 Å². The first-order valence-electron chi connectivity index (χ1n) is 11.7. The fourth-order valence-corrected chi connectivity index (χ4v) is 6.72. The van der Waals surface area contributed by atoms with Crippen molar-refractivity contribution in [1.29, 1.82) is 0 Å². The minimum Gasteiger partial charge on any atom is -0.491 e. The molecule has 3 aliphatic rings. The standard InChI is InChI=1S/C25H26F2N4O2S/c1-12-2-5-16-22(28)23(34-25(16)29-12)24(32)30-15-7-17-19(33-11-15)8-18(21(27)20(17)26)31-9-13-3-4-14(6-13)10-31/h2,5,8,13-15H,3-4,6-7,9-11,28H2,1H3,(H,30,32)/t13?,14?,15-/m1/s1. The number of anilines is 2. The highest BCUT2D eigenvalue weighted by Gasteiger charge is 2.36. The predicted octanol–water partition coefficient (Wildman–Crippen LogP) is 4.43. The molecule has 1 saturated heterocycles. The van der Waals surface area contributed by atoms with Crippen molar-refractivity contribution in [2.75, 3.05) is 30.3 Å². The molecule has 3 N–H and O–H groups in total. The van der Waals surface area contributed by atoms with E-state index in [0.717, 1.165) is 37.0 Å². The quantitative estimate of drug-likeness (QED) is 0.575. The lowest BCUT2D eigenvalue weighted by Crippen LogP contribution is -2.43. The van der Waals surface area contributed by atoms with Crippen LogP contribution in [-0.2, 0) is 6.42 Å². The van der Waals surface area contributed by atoms with Crippen LogP contribution >= 0.6 is 11.3 Å². The molecule has 2 unspecified atom stereocenters. The third-order valence-electron chi connectivity index (χ3n) is 7.36. The van der Waals surface area contributed by atoms with E-state index in [1.165, 1.54) is 17.8 Å². The Morgan fingerprint density at radius 3 is 2.76 bits per heavy atom. The number of carbonyl (C=O) groups is 1. The van der Waals surface area contributed by atoms with Gasteiger partial charge in [-0.2, -0.15) is 0 Å². The van der Waals surface area contributed by atoms with Crippen LogP contribution in [0.1, 0.15) is 40.2 Å². The summed E-state index contributed by atoms with van der Waals surface area (Å²) in [6.45, 7) is 3.57. The highest BCUT2D eigenvalue weighted by molar-refractivity contribution is 7.21. The van der Waals surface area contributed by atoms with Crippen LogP contribution in [0.4, 0.5) is 20.2 Å². The van der Waals surface area contributed by atoms with Gasteiger partial charge < -0.3 is 20.7 Å². The third-order valence-corrected chi connectivity index (χ3v) is 8.47. The topological polar surface area (TPSA) is 80.5 Å². The molecular formula is C25H26F2N4O2S. The summed E-state index contributed by atoms with van der Waals surface area (Å²) in [6.07, 6.45) is 3.66. The Hall–Kier alpha value is -2.94. The maximum Gasteiger partial charge on any atom is 0.263 e. The number of thiophene rings is 1. The second-order valence-corrected chi connectivity index (χ2v) is 10.8. The molecule has 1 amide bonds. The van der Waals surface area contributed by atoms with E-state index < -0.39 is 17.7 Å². The molecule has 2 aliphatic heterocycles. The smallest absolute Gasteiger partial charge is 0.263 e. The molecule has 2 fully saturated rings. The number of carbonyl (C=O) groups excluding carboxylic acids is 1. The number of hydrogen-bond acceptors (Lipinski definition) is 6. The molecule has 1 aromatic carbocycles. The van der Waals surface area contributed by atoms with Crippen molar-refractivity contribution in [3.05, 3.63) is 46.0 Å². The first-order valence-corrected chi connectivity index (χ1v) is 12.5. The molecule has 0 spiro atoms. The lowest BCUT2D eigenvalue weighted by atomic mass is 9.96. The van der Waals surface area contributed by atoms with Gasteiger partial charge in [-0.15, -0.1) is 11.3 Å². The predicted molar refractivity (Wildman–Crippen MR) is 129 cm³/mol. The molecule has 2 bridgehead atoms. The molecule has 0 radical (unpaired) electrons. The number of nitrogens with two attached hydrogens (primary N) is 1. The van der Waals surface area contributed by atoms with Crippen LogP contribution in [0.3, 0.4) is 0 Å². The Bertz CT molecular complexity index is 1300. The molecule has 6 nitrogen and oxygen atoms in total. The molecule has 1 aliphatic carbocycles. The molecule has 178 valence electrons. The molecule has 4 heterocycles. The van der Waals surface area contributed by atoms with Crippen LogP contribution in [-0.4, -0.2) is 36.6 Å². The lowest BCUT2D eigenvalue weighted by Gasteiger charge is -2.35. The fraction of sp³-hybridized carbons (Fsp3) is 0.440. The van der Waals surface area contributed by atoms with E-state index in [0.29, 0.717) is 33.0 Å². The number of pyridine rings is 1. The van der Waals surface area contributed by atoms with Crippen molar-refractivity contribution in [2.24, 2.45) is 11.8 Å². The van der Waals surface area contributed by atoms with Gasteiger partial charge in [0.1, 0.15) is 22.1 Å². The van der Waals surface area contributed by atoms with Gasteiger partial charge in [0.2, 0.25) is 0 Å². The Morgan fingerprint density at radius 2 is 2.00 bits per heavy atom. The molecule has 3 aromatic rings. The first-order chi connectivity index (χ1) is 16.4. The van der Waals surface area contributed by atoms with Crippen molar-refractivity contribution in [3.63, 3.8) is 0 Å². The van der Waals surface area contributed by atoms with Crippen LogP contribution < -0.4 is 20.7 Å². The summed E-state index contributed by atoms with van der Waals surface area (Å²) in [7, 11) is 0. The summed E-state index contributed by atoms with van der Waals surface area (Å²) < 4.78 is 36.1. The first kappa shape index (κ1) is 21.6. The van der Waals surface area contributed by atoms with Crippen LogP contribution in [0, 0.1) is 30.4 Å². The minimum atomic E-state index is -0.884. The number of fused-ring (bicyclic) bond motifs is 4. The summed E-state index contributed by atoms with van der Waals surface area (Å²) in [5, 5.41) is 3.61. The highest BCUT2D eigenvalue weighted by atomic mass is 32.1. The lowest BCUT2D eigenvalue weighted by molar-refractivity contribution is 0.0919. The number of ether oxygens (including phenoxy) is 1. The fourth-order valence-electron chi connectivity index (χ4n) is 5.68. The normalized spacial score (nSPS) is 23.6. The zero-order chi connectivity index (χ0) is 23.6. The molecule has 9 heteroatoms. The zero-order valence-electron chi connectivity index (χ0n) is 18.9. The van der Waals surface area contributed by atoms with Gasteiger partial charge in [0, 0.05) is 42.2 Å². The maximum atomic E-state index is 15.2. The number of amides is 1. The summed E-state index contributed by atoms with van der Waals surface area (Å²) in [6, 6.07) is 4.84. The van der Waals surface area contributed by atoms with E-state index >= 15 is 8.78 Å². The summed E-state index contributed by atoms with van der Waals surface area (Å²) >= 11 is 1.22. The number of aromatic nitrogens is 1. The van der Waals surface area contributed by atoms with Gasteiger partial charge in [-0.05, 0) is 50.2 Å². The zero-order valence-corrected chi connectivity index (χ0v) is 19.7. The molecule has 1 saturated carbocycles. The number of hydrogen-bond donors (Lipinski definition) is 2. The second-order valence-electron chi connectivity index (χ2n) is 9.79. The molecule has 2 aromatic heterocycles. The Balaban J connectivity index is 1.22. The number of nitrogens with one attached hydrogen (secondary N) is 1. The van der Waals surface area contributed by atoms with Crippen LogP contribution in [0.15, 0.2) is 18.2 Å². The van der Waals surface area contributed by atoms with Crippen LogP contribution in [0.2, 0.25) is 0 Å². The summed E-state index contributed by atoms with van der Waals surface area (Å²) in [5.74, 6) is -0.609. The largest absolute Gasteiger partial charge is 0.491 e. The second kappa shape index (κ2) is 8.08. The molecule has 6 rings (SSSR count). The Labute approximate surface area is 200 Å². The number of aryl methyl sites for hydroxylation is 1. The average molecular weight is 485 g/mol. The van der Waals surface area contributed by atoms with Gasteiger partial charge in [-0.3, -0.25) is 4.79 Å². The van der Waals surface area contributed by atoms with E-state index in [2.05, 4.69) is 10.3 Å². The number of piperidine rings is 1. The number of nitrogens with zero attached hydrogens (tertiary/aromatic N) is 2. The van der Waals surface area contributed by atoms with E-state index in [1.807, 2.05) is 24.0 Å². The van der Waals surface area contributed by atoms with Crippen molar-refractivity contribution in [2.45, 2.75) is 38.6 Å². The van der Waals surface area contributed by atoms with E-state index in [9.17, 15) is 4.79 Å². The highest BCUT2D eigenvalue weighted by Crippen LogP contribution is 2.42. The third kappa shape index (κ3) is 3.57. The van der Waals surface area contributed by atoms with Crippen molar-refractivity contribution >= 4 is 38.8 Å². The molecule has 34 heavy (non-hydrogen) atoms. The van der Waals surface area contributed by atoms with E-state index in [-0.39, 0.29) is 30.2 Å². The van der Waals surface area contributed by atoms with Gasteiger partial charge in [-0.25, -0.2) is 13.8 Å². The van der Waals surface area contributed by atoms with E-state index in [1.54, 1.807) is 6.07 Å². The van der Waals surface area contributed by atoms with Crippen LogP contribution in [0.25, 0.3) is 10.2 Å². The Kier molecular flexibility index (Phi) is 5.13. The monoisotopic (exact) mass is 484 g/mol. The summed E-state index contributed by atoms with van der Waals surface area (Å²) in [5.41, 5.74) is 7.86. The Morgan fingerprint density at radius 1 is 1.24 bits per heavy atom. The van der Waals surface area contributed by atoms with Crippen LogP contribution in [0.5, 0.6) is 5.75 Å². The van der Waals surface area contributed by atoms with Crippen molar-refractivity contribution < 1.29 is 18.3 Å².